The summed E-state index contributed by atoms with van der Waals surface area (Å²) in [5, 5.41) is 11.1. The van der Waals surface area contributed by atoms with Gasteiger partial charge in [0.05, 0.1) is 31.9 Å². The highest BCUT2D eigenvalue weighted by Gasteiger charge is 2.46. The molecule has 2 saturated heterocycles. The number of nitrogens with zero attached hydrogens (tertiary/aromatic N) is 3. The van der Waals surface area contributed by atoms with Crippen LogP contribution >= 0.6 is 0 Å². The zero-order chi connectivity index (χ0) is 21.8. The zero-order valence-electron chi connectivity index (χ0n) is 17.4. The van der Waals surface area contributed by atoms with Crippen LogP contribution in [0.15, 0.2) is 54.4 Å². The molecule has 4 rings (SSSR count). The molecule has 1 unspecified atom stereocenters. The lowest BCUT2D eigenvalue weighted by atomic mass is 9.96. The molecule has 2 aliphatic heterocycles. The molecule has 31 heavy (non-hydrogen) atoms. The standard InChI is InChI=1S/C23H25N3O5/c1-30-18-4-2-3-17(15-18)21(27)19-20(16-5-7-24-8-6-16)26(23(29)22(19)28)10-9-25-11-13-31-14-12-25/h2-8,15,20,27H,9-14H2,1H3/b21-19+. The zero-order valence-corrected chi connectivity index (χ0v) is 17.4. The third kappa shape index (κ3) is 4.30. The Morgan fingerprint density at radius 1 is 1.16 bits per heavy atom. The minimum absolute atomic E-state index is 0.0754. The Balaban J connectivity index is 1.72. The monoisotopic (exact) mass is 423 g/mol. The molecule has 2 aromatic rings. The number of aliphatic hydroxyl groups is 1. The molecule has 1 aromatic heterocycles. The predicted octanol–water partition coefficient (Wildman–Crippen LogP) is 1.84. The highest BCUT2D eigenvalue weighted by molar-refractivity contribution is 6.46. The summed E-state index contributed by atoms with van der Waals surface area (Å²) >= 11 is 0. The van der Waals surface area contributed by atoms with E-state index in [9.17, 15) is 14.7 Å². The van der Waals surface area contributed by atoms with E-state index in [1.54, 1.807) is 53.7 Å². The summed E-state index contributed by atoms with van der Waals surface area (Å²) in [5.41, 5.74) is 1.22. The summed E-state index contributed by atoms with van der Waals surface area (Å²) in [6.45, 7) is 3.87. The lowest BCUT2D eigenvalue weighted by Gasteiger charge is -2.31. The molecule has 1 atom stereocenters. The molecule has 0 saturated carbocycles. The summed E-state index contributed by atoms with van der Waals surface area (Å²) in [6.07, 6.45) is 3.23. The molecule has 0 aliphatic carbocycles. The quantitative estimate of drug-likeness (QED) is 0.431. The van der Waals surface area contributed by atoms with Crippen molar-refractivity contribution in [1.29, 1.82) is 0 Å². The second kappa shape index (κ2) is 9.28. The maximum absolute atomic E-state index is 13.0. The lowest BCUT2D eigenvalue weighted by molar-refractivity contribution is -0.140. The molecule has 0 spiro atoms. The van der Waals surface area contributed by atoms with Crippen LogP contribution in [-0.2, 0) is 14.3 Å². The molecule has 8 nitrogen and oxygen atoms in total. The number of ketones is 1. The number of amides is 1. The van der Waals surface area contributed by atoms with E-state index < -0.39 is 17.7 Å². The molecule has 3 heterocycles. The van der Waals surface area contributed by atoms with Crippen LogP contribution in [0.5, 0.6) is 5.75 Å². The van der Waals surface area contributed by atoms with Crippen molar-refractivity contribution >= 4 is 17.4 Å². The van der Waals surface area contributed by atoms with Crippen LogP contribution in [0, 0.1) is 0 Å². The minimum Gasteiger partial charge on any atom is -0.507 e. The number of methoxy groups -OCH3 is 1. The van der Waals surface area contributed by atoms with Gasteiger partial charge in [0.15, 0.2) is 0 Å². The molecular formula is C23H25N3O5. The van der Waals surface area contributed by atoms with E-state index >= 15 is 0 Å². The van der Waals surface area contributed by atoms with Gasteiger partial charge in [-0.3, -0.25) is 19.5 Å². The van der Waals surface area contributed by atoms with Crippen LogP contribution in [-0.4, -0.2) is 78.1 Å². The number of aliphatic hydroxyl groups excluding tert-OH is 1. The average molecular weight is 423 g/mol. The summed E-state index contributed by atoms with van der Waals surface area (Å²) in [4.78, 5) is 33.8. The van der Waals surface area contributed by atoms with Crippen LogP contribution in [0.25, 0.3) is 5.76 Å². The number of aromatic nitrogens is 1. The number of Topliss-reactive ketones (excluding diaryl/α,β-unsaturated/α-hetero) is 1. The van der Waals surface area contributed by atoms with Crippen LogP contribution < -0.4 is 4.74 Å². The predicted molar refractivity (Wildman–Crippen MR) is 113 cm³/mol. The molecule has 1 aromatic carbocycles. The molecule has 2 aliphatic rings. The van der Waals surface area contributed by atoms with E-state index in [0.717, 1.165) is 18.7 Å². The van der Waals surface area contributed by atoms with E-state index in [2.05, 4.69) is 9.88 Å². The van der Waals surface area contributed by atoms with Crippen molar-refractivity contribution in [1.82, 2.24) is 14.8 Å². The Bertz CT molecular complexity index is 986. The lowest BCUT2D eigenvalue weighted by Crippen LogP contribution is -2.42. The number of carbonyl (C=O) groups is 2. The van der Waals surface area contributed by atoms with Gasteiger partial charge in [-0.15, -0.1) is 0 Å². The van der Waals surface area contributed by atoms with Crippen LogP contribution in [0.2, 0.25) is 0 Å². The van der Waals surface area contributed by atoms with Gasteiger partial charge in [-0.2, -0.15) is 0 Å². The van der Waals surface area contributed by atoms with E-state index in [-0.39, 0.29) is 11.3 Å². The van der Waals surface area contributed by atoms with Crippen molar-refractivity contribution in [2.24, 2.45) is 0 Å². The first-order valence-electron chi connectivity index (χ1n) is 10.2. The van der Waals surface area contributed by atoms with Crippen LogP contribution in [0.3, 0.4) is 0 Å². The Labute approximate surface area is 180 Å². The number of carbonyl (C=O) groups excluding carboxylic acids is 2. The Kier molecular flexibility index (Phi) is 6.29. The summed E-state index contributed by atoms with van der Waals surface area (Å²) in [5.74, 6) is -0.970. The SMILES string of the molecule is COc1cccc(/C(O)=C2\C(=O)C(=O)N(CCN3CCOCC3)C2c2ccncc2)c1. The van der Waals surface area contributed by atoms with Crippen molar-refractivity contribution in [2.45, 2.75) is 6.04 Å². The van der Waals surface area contributed by atoms with Crippen LogP contribution in [0.4, 0.5) is 0 Å². The normalized spacial score (nSPS) is 21.5. The number of morpholine rings is 1. The van der Waals surface area contributed by atoms with Gasteiger partial charge >= 0.3 is 0 Å². The molecule has 0 radical (unpaired) electrons. The summed E-state index contributed by atoms with van der Waals surface area (Å²) < 4.78 is 10.6. The fraction of sp³-hybridized carbons (Fsp3) is 0.348. The Hall–Kier alpha value is -3.23. The number of rotatable bonds is 6. The fourth-order valence-corrected chi connectivity index (χ4v) is 4.00. The first-order chi connectivity index (χ1) is 15.1. The third-order valence-electron chi connectivity index (χ3n) is 5.67. The summed E-state index contributed by atoms with van der Waals surface area (Å²) in [7, 11) is 1.53. The van der Waals surface area contributed by atoms with Crippen molar-refractivity contribution in [2.75, 3.05) is 46.5 Å². The van der Waals surface area contributed by atoms with E-state index in [4.69, 9.17) is 9.47 Å². The Morgan fingerprint density at radius 3 is 2.61 bits per heavy atom. The number of likely N-dealkylation sites (tertiary alicyclic amines) is 1. The van der Waals surface area contributed by atoms with Gasteiger partial charge in [0.25, 0.3) is 11.7 Å². The Morgan fingerprint density at radius 2 is 1.90 bits per heavy atom. The van der Waals surface area contributed by atoms with Gasteiger partial charge in [-0.1, -0.05) is 12.1 Å². The number of hydrogen-bond donors (Lipinski definition) is 1. The number of ether oxygens (including phenoxy) is 2. The maximum atomic E-state index is 13.0. The minimum atomic E-state index is -0.691. The van der Waals surface area contributed by atoms with Crippen molar-refractivity contribution in [3.8, 4) is 5.75 Å². The van der Waals surface area contributed by atoms with Gasteiger partial charge in [-0.25, -0.2) is 0 Å². The molecule has 1 N–H and O–H groups in total. The first-order valence-corrected chi connectivity index (χ1v) is 10.2. The molecule has 162 valence electrons. The van der Waals surface area contributed by atoms with E-state index in [1.807, 2.05) is 0 Å². The number of hydrogen-bond acceptors (Lipinski definition) is 7. The highest BCUT2D eigenvalue weighted by atomic mass is 16.5. The number of pyridine rings is 1. The topological polar surface area (TPSA) is 92.2 Å². The van der Waals surface area contributed by atoms with E-state index in [0.29, 0.717) is 37.6 Å². The summed E-state index contributed by atoms with van der Waals surface area (Å²) in [6, 6.07) is 9.63. The van der Waals surface area contributed by atoms with Gasteiger partial charge in [0, 0.05) is 44.1 Å². The smallest absolute Gasteiger partial charge is 0.295 e. The molecule has 0 bridgehead atoms. The van der Waals surface area contributed by atoms with E-state index in [1.165, 1.54) is 7.11 Å². The fourth-order valence-electron chi connectivity index (χ4n) is 4.00. The van der Waals surface area contributed by atoms with Gasteiger partial charge in [0.1, 0.15) is 11.5 Å². The van der Waals surface area contributed by atoms with Gasteiger partial charge in [-0.05, 0) is 29.8 Å². The molecular weight excluding hydrogens is 398 g/mol. The highest BCUT2D eigenvalue weighted by Crippen LogP contribution is 2.39. The second-order valence-electron chi connectivity index (χ2n) is 7.46. The average Bonchev–Trinajstić information content (AvgIpc) is 3.08. The number of benzene rings is 1. The van der Waals surface area contributed by atoms with Crippen molar-refractivity contribution < 1.29 is 24.2 Å². The van der Waals surface area contributed by atoms with Crippen LogP contribution in [0.1, 0.15) is 17.2 Å². The van der Waals surface area contributed by atoms with Crippen molar-refractivity contribution in [3.05, 3.63) is 65.5 Å². The van der Waals surface area contributed by atoms with Gasteiger partial charge in [0.2, 0.25) is 0 Å². The molecule has 8 heteroatoms. The maximum Gasteiger partial charge on any atom is 0.295 e. The largest absolute Gasteiger partial charge is 0.507 e. The molecule has 2 fully saturated rings. The third-order valence-corrected chi connectivity index (χ3v) is 5.67. The molecule has 1 amide bonds. The van der Waals surface area contributed by atoms with Gasteiger partial charge < -0.3 is 19.5 Å². The first kappa shape index (κ1) is 21.0. The second-order valence-corrected chi connectivity index (χ2v) is 7.46. The van der Waals surface area contributed by atoms with Crippen molar-refractivity contribution in [3.63, 3.8) is 0 Å².